The predicted molar refractivity (Wildman–Crippen MR) is 130 cm³/mol. The molecule has 3 aromatic carbocycles. The number of benzene rings is 3. The van der Waals surface area contributed by atoms with Gasteiger partial charge < -0.3 is 15.7 Å². The second-order valence-electron chi connectivity index (χ2n) is 7.89. The van der Waals surface area contributed by atoms with Crippen LogP contribution < -0.4 is 10.6 Å². The smallest absolute Gasteiger partial charge is 0.161 e. The van der Waals surface area contributed by atoms with Gasteiger partial charge in [-0.25, -0.2) is 0 Å². The zero-order chi connectivity index (χ0) is 22.9. The van der Waals surface area contributed by atoms with E-state index in [-0.39, 0.29) is 11.5 Å². The van der Waals surface area contributed by atoms with Gasteiger partial charge in [0.25, 0.3) is 0 Å². The van der Waals surface area contributed by atoms with Crippen LogP contribution in [0.1, 0.15) is 52.0 Å². The fourth-order valence-corrected chi connectivity index (χ4v) is 3.94. The van der Waals surface area contributed by atoms with Crippen LogP contribution >= 0.6 is 0 Å². The molecular weight excluding hydrogens is 400 g/mol. The van der Waals surface area contributed by atoms with Crippen molar-refractivity contribution in [2.24, 2.45) is 0 Å². The molecule has 0 aromatic heterocycles. The number of piperidine rings is 1. The molecule has 3 N–H and O–H groups in total. The van der Waals surface area contributed by atoms with Gasteiger partial charge in [-0.05, 0) is 79.7 Å². The van der Waals surface area contributed by atoms with Gasteiger partial charge in [0.1, 0.15) is 5.75 Å². The van der Waals surface area contributed by atoms with Crippen molar-refractivity contribution in [2.45, 2.75) is 25.7 Å². The Balaban J connectivity index is 0.000000182. The molecule has 0 atom stereocenters. The maximum absolute atomic E-state index is 11.4. The Morgan fingerprint density at radius 2 is 1.72 bits per heavy atom. The van der Waals surface area contributed by atoms with Crippen LogP contribution in [0.25, 0.3) is 11.1 Å². The average molecular weight is 431 g/mol. The van der Waals surface area contributed by atoms with Crippen molar-refractivity contribution in [2.75, 3.05) is 25.5 Å². The molecule has 3 aromatic rings. The monoisotopic (exact) mass is 430 g/mol. The highest BCUT2D eigenvalue weighted by Crippen LogP contribution is 2.28. The lowest BCUT2D eigenvalue weighted by Gasteiger charge is -2.23. The first-order chi connectivity index (χ1) is 15.5. The molecule has 1 aliphatic heterocycles. The van der Waals surface area contributed by atoms with E-state index in [1.807, 2.05) is 49.5 Å². The number of hydrogen-bond acceptors (Lipinski definition) is 5. The van der Waals surface area contributed by atoms with Crippen molar-refractivity contribution in [3.8, 4) is 16.9 Å². The fraction of sp³-hybridized carbons (Fsp3) is 0.259. The Morgan fingerprint density at radius 3 is 2.34 bits per heavy atom. The Bertz CT molecular complexity index is 1060. The minimum Gasteiger partial charge on any atom is -0.507 e. The van der Waals surface area contributed by atoms with Crippen molar-refractivity contribution in [3.63, 3.8) is 0 Å². The van der Waals surface area contributed by atoms with Crippen LogP contribution in [0.15, 0.2) is 66.7 Å². The van der Waals surface area contributed by atoms with E-state index in [9.17, 15) is 14.7 Å². The minimum atomic E-state index is 0.0719. The van der Waals surface area contributed by atoms with Gasteiger partial charge in [-0.2, -0.15) is 0 Å². The predicted octanol–water partition coefficient (Wildman–Crippen LogP) is 5.27. The number of carbonyl (C=O) groups excluding carboxylic acids is 2. The first-order valence-corrected chi connectivity index (χ1v) is 10.9. The van der Waals surface area contributed by atoms with E-state index in [4.69, 9.17) is 0 Å². The molecule has 1 heterocycles. The molecule has 5 nitrogen and oxygen atoms in total. The van der Waals surface area contributed by atoms with E-state index in [0.29, 0.717) is 17.8 Å². The van der Waals surface area contributed by atoms with Gasteiger partial charge in [0.2, 0.25) is 0 Å². The molecule has 1 saturated heterocycles. The van der Waals surface area contributed by atoms with Gasteiger partial charge >= 0.3 is 0 Å². The number of Topliss-reactive ketones (excluding diaryl/α,β-unsaturated/α-hetero) is 1. The fourth-order valence-electron chi connectivity index (χ4n) is 3.94. The lowest BCUT2D eigenvalue weighted by atomic mass is 9.89. The summed E-state index contributed by atoms with van der Waals surface area (Å²) in [6.45, 7) is 3.64. The molecule has 0 unspecified atom stereocenters. The number of carbonyl (C=O) groups is 2. The first kappa shape index (κ1) is 23.2. The van der Waals surface area contributed by atoms with Crippen LogP contribution in [0.2, 0.25) is 0 Å². The van der Waals surface area contributed by atoms with Gasteiger partial charge in [0.05, 0.1) is 5.56 Å². The maximum atomic E-state index is 11.4. The van der Waals surface area contributed by atoms with E-state index >= 15 is 0 Å². The van der Waals surface area contributed by atoms with Gasteiger partial charge in [-0.1, -0.05) is 42.5 Å². The molecule has 0 saturated carbocycles. The second kappa shape index (κ2) is 11.3. The molecule has 166 valence electrons. The number of rotatable bonds is 5. The third kappa shape index (κ3) is 5.83. The average Bonchev–Trinajstić information content (AvgIpc) is 2.85. The molecule has 4 rings (SSSR count). The van der Waals surface area contributed by atoms with Crippen LogP contribution in [0.3, 0.4) is 0 Å². The van der Waals surface area contributed by atoms with Gasteiger partial charge in [-0.15, -0.1) is 0 Å². The SMILES string of the molecule is CNc1cc(-c2ccccc2)ccc1C(C)=O.O=Cc1cc(C2CCNCC2)ccc1O. The molecule has 0 amide bonds. The largest absolute Gasteiger partial charge is 0.507 e. The van der Waals surface area contributed by atoms with E-state index in [2.05, 4.69) is 22.8 Å². The third-order valence-corrected chi connectivity index (χ3v) is 5.76. The van der Waals surface area contributed by atoms with Crippen molar-refractivity contribution >= 4 is 17.8 Å². The van der Waals surface area contributed by atoms with Crippen molar-refractivity contribution < 1.29 is 14.7 Å². The molecule has 0 bridgehead atoms. The third-order valence-electron chi connectivity index (χ3n) is 5.76. The van der Waals surface area contributed by atoms with Gasteiger partial charge in [0.15, 0.2) is 12.1 Å². The van der Waals surface area contributed by atoms with Gasteiger partial charge in [-0.3, -0.25) is 9.59 Å². The summed E-state index contributed by atoms with van der Waals surface area (Å²) in [6.07, 6.45) is 2.91. The first-order valence-electron chi connectivity index (χ1n) is 10.9. The lowest BCUT2D eigenvalue weighted by Crippen LogP contribution is -2.26. The quantitative estimate of drug-likeness (QED) is 0.380. The summed E-state index contributed by atoms with van der Waals surface area (Å²) in [5.41, 5.74) is 5.42. The molecule has 1 aliphatic rings. The Labute approximate surface area is 189 Å². The Kier molecular flexibility index (Phi) is 8.17. The highest BCUT2D eigenvalue weighted by Gasteiger charge is 2.16. The highest BCUT2D eigenvalue weighted by molar-refractivity contribution is 6.00. The molecule has 0 radical (unpaired) electrons. The van der Waals surface area contributed by atoms with Crippen LogP contribution in [0, 0.1) is 0 Å². The summed E-state index contributed by atoms with van der Waals surface area (Å²) in [5.74, 6) is 0.669. The van der Waals surface area contributed by atoms with Crippen molar-refractivity contribution in [3.05, 3.63) is 83.4 Å². The number of ketones is 1. The summed E-state index contributed by atoms with van der Waals surface area (Å²) < 4.78 is 0. The summed E-state index contributed by atoms with van der Waals surface area (Å²) >= 11 is 0. The number of hydrogen-bond donors (Lipinski definition) is 3. The van der Waals surface area contributed by atoms with E-state index in [0.717, 1.165) is 53.9 Å². The molecule has 5 heteroatoms. The zero-order valence-electron chi connectivity index (χ0n) is 18.6. The normalized spacial score (nSPS) is 13.6. The van der Waals surface area contributed by atoms with Gasteiger partial charge in [0, 0.05) is 18.3 Å². The summed E-state index contributed by atoms with van der Waals surface area (Å²) in [6, 6.07) is 21.3. The molecule has 0 aliphatic carbocycles. The minimum absolute atomic E-state index is 0.0719. The summed E-state index contributed by atoms with van der Waals surface area (Å²) in [5, 5.41) is 15.8. The maximum Gasteiger partial charge on any atom is 0.161 e. The van der Waals surface area contributed by atoms with Crippen LogP contribution in [-0.2, 0) is 0 Å². The zero-order valence-corrected chi connectivity index (χ0v) is 18.6. The second-order valence-corrected chi connectivity index (χ2v) is 7.89. The number of anilines is 1. The number of phenols is 1. The number of nitrogens with one attached hydrogen (secondary N) is 2. The van der Waals surface area contributed by atoms with Crippen LogP contribution in [0.5, 0.6) is 5.75 Å². The summed E-state index contributed by atoms with van der Waals surface area (Å²) in [4.78, 5) is 22.1. The Morgan fingerprint density at radius 1 is 1.00 bits per heavy atom. The number of aromatic hydroxyl groups is 1. The van der Waals surface area contributed by atoms with E-state index in [1.54, 1.807) is 19.1 Å². The molecule has 32 heavy (non-hydrogen) atoms. The van der Waals surface area contributed by atoms with E-state index in [1.165, 1.54) is 0 Å². The lowest BCUT2D eigenvalue weighted by molar-refractivity contribution is 0.101. The number of aldehydes is 1. The molecule has 1 fully saturated rings. The summed E-state index contributed by atoms with van der Waals surface area (Å²) in [7, 11) is 1.83. The van der Waals surface area contributed by atoms with Crippen LogP contribution in [-0.4, -0.2) is 37.3 Å². The molecule has 0 spiro atoms. The van der Waals surface area contributed by atoms with Crippen molar-refractivity contribution in [1.29, 1.82) is 0 Å². The topological polar surface area (TPSA) is 78.4 Å². The Hall–Kier alpha value is -3.44. The van der Waals surface area contributed by atoms with E-state index < -0.39 is 0 Å². The molecular formula is C27H30N2O3. The van der Waals surface area contributed by atoms with Crippen LogP contribution in [0.4, 0.5) is 5.69 Å². The highest BCUT2D eigenvalue weighted by atomic mass is 16.3. The standard InChI is InChI=1S/C15H15NO.C12H15NO2/c1-11(17)14-9-8-13(10-15(14)16-2)12-6-4-3-5-7-12;14-8-11-7-10(1-2-12(11)15)9-3-5-13-6-4-9/h3-10,16H,1-2H3;1-2,7-9,13,15H,3-6H2. The number of phenolic OH excluding ortho intramolecular Hbond substituents is 1. The van der Waals surface area contributed by atoms with Crippen molar-refractivity contribution in [1.82, 2.24) is 5.32 Å².